The fourth-order valence-electron chi connectivity index (χ4n) is 3.15. The van der Waals surface area contributed by atoms with Gasteiger partial charge < -0.3 is 9.47 Å². The summed E-state index contributed by atoms with van der Waals surface area (Å²) in [7, 11) is 3.54. The fourth-order valence-corrected chi connectivity index (χ4v) is 3.15. The highest BCUT2D eigenvalue weighted by atomic mass is 35.5. The number of ether oxygens (including phenoxy) is 2. The van der Waals surface area contributed by atoms with Crippen LogP contribution in [0.3, 0.4) is 0 Å². The van der Waals surface area contributed by atoms with E-state index in [9.17, 15) is 4.79 Å². The molecule has 1 saturated carbocycles. The average molecular weight is 327 g/mol. The lowest BCUT2D eigenvalue weighted by Crippen LogP contribution is -2.30. The van der Waals surface area contributed by atoms with Gasteiger partial charge in [0.2, 0.25) is 5.91 Å². The summed E-state index contributed by atoms with van der Waals surface area (Å²) in [5.74, 6) is 1.59. The van der Waals surface area contributed by atoms with Gasteiger partial charge in [0.25, 0.3) is 0 Å². The second-order valence-corrected chi connectivity index (χ2v) is 5.80. The maximum Gasteiger partial charge on any atom is 0.236 e. The minimum absolute atomic E-state index is 0. The Balaban J connectivity index is 0.00000176. The number of nitrogens with one attached hydrogen (secondary N) is 1. The first-order valence-electron chi connectivity index (χ1n) is 7.54. The van der Waals surface area contributed by atoms with Crippen LogP contribution in [0.1, 0.15) is 43.7 Å². The van der Waals surface area contributed by atoms with E-state index in [1.807, 2.05) is 30.3 Å². The number of carbonyl (C=O) groups is 1. The van der Waals surface area contributed by atoms with Crippen LogP contribution < -0.4 is 14.9 Å². The lowest BCUT2D eigenvalue weighted by atomic mass is 10.0. The lowest BCUT2D eigenvalue weighted by molar-refractivity contribution is -0.120. The number of methoxy groups -OCH3 is 1. The van der Waals surface area contributed by atoms with Crippen molar-refractivity contribution in [3.05, 3.63) is 23.8 Å². The van der Waals surface area contributed by atoms with E-state index < -0.39 is 0 Å². The van der Waals surface area contributed by atoms with E-state index in [0.29, 0.717) is 6.42 Å². The van der Waals surface area contributed by atoms with Gasteiger partial charge in [-0.05, 0) is 43.4 Å². The molecule has 0 spiro atoms. The van der Waals surface area contributed by atoms with Gasteiger partial charge in [0, 0.05) is 13.5 Å². The molecule has 1 N–H and O–H groups in total. The zero-order valence-corrected chi connectivity index (χ0v) is 13.8. The summed E-state index contributed by atoms with van der Waals surface area (Å²) < 4.78 is 11.5. The number of nitrogens with zero attached hydrogens (tertiary/aromatic N) is 1. The second kappa shape index (κ2) is 7.20. The summed E-state index contributed by atoms with van der Waals surface area (Å²) in [6.07, 6.45) is 5.45. The summed E-state index contributed by atoms with van der Waals surface area (Å²) in [6.45, 7) is 0. The highest BCUT2D eigenvalue weighted by molar-refractivity contribution is 5.85. The monoisotopic (exact) mass is 326 g/mol. The standard InChI is InChI=1S/C16H22N2O3.ClH/c1-18-13(10-16(19)17-18)11-7-8-14(20-2)15(9-11)21-12-5-3-4-6-12;/h7-9,12-13H,3-6,10H2,1-2H3,(H,17,19);1H. The van der Waals surface area contributed by atoms with E-state index in [2.05, 4.69) is 5.43 Å². The number of carbonyl (C=O) groups excluding carboxylic acids is 1. The molecule has 3 rings (SSSR count). The molecule has 0 bridgehead atoms. The number of hydrogen-bond donors (Lipinski definition) is 1. The molecule has 1 aromatic carbocycles. The summed E-state index contributed by atoms with van der Waals surface area (Å²) in [5.41, 5.74) is 3.88. The van der Waals surface area contributed by atoms with E-state index >= 15 is 0 Å². The molecule has 1 amide bonds. The Hall–Kier alpha value is -1.46. The van der Waals surface area contributed by atoms with Crippen molar-refractivity contribution in [1.29, 1.82) is 0 Å². The van der Waals surface area contributed by atoms with Crippen LogP contribution in [0.2, 0.25) is 0 Å². The van der Waals surface area contributed by atoms with Crippen LogP contribution in [-0.2, 0) is 4.79 Å². The second-order valence-electron chi connectivity index (χ2n) is 5.80. The number of hydrazine groups is 1. The zero-order valence-electron chi connectivity index (χ0n) is 13.0. The van der Waals surface area contributed by atoms with Crippen molar-refractivity contribution in [2.45, 2.75) is 44.2 Å². The summed E-state index contributed by atoms with van der Waals surface area (Å²) in [4.78, 5) is 11.5. The van der Waals surface area contributed by atoms with Gasteiger partial charge in [-0.15, -0.1) is 12.4 Å². The van der Waals surface area contributed by atoms with Crippen LogP contribution in [0.15, 0.2) is 18.2 Å². The van der Waals surface area contributed by atoms with Crippen molar-refractivity contribution in [2.24, 2.45) is 0 Å². The highest BCUT2D eigenvalue weighted by Gasteiger charge is 2.29. The van der Waals surface area contributed by atoms with E-state index in [1.54, 1.807) is 7.11 Å². The van der Waals surface area contributed by atoms with Crippen LogP contribution >= 0.6 is 12.4 Å². The largest absolute Gasteiger partial charge is 0.493 e. The predicted octanol–water partition coefficient (Wildman–Crippen LogP) is 2.85. The van der Waals surface area contributed by atoms with Gasteiger partial charge in [-0.3, -0.25) is 10.2 Å². The Labute approximate surface area is 137 Å². The molecule has 5 nitrogen and oxygen atoms in total. The third-order valence-electron chi connectivity index (χ3n) is 4.32. The molecular weight excluding hydrogens is 304 g/mol. The fraction of sp³-hybridized carbons (Fsp3) is 0.562. The number of hydrogen-bond acceptors (Lipinski definition) is 4. The maximum atomic E-state index is 11.5. The lowest BCUT2D eigenvalue weighted by Gasteiger charge is -2.21. The molecule has 1 unspecified atom stereocenters. The summed E-state index contributed by atoms with van der Waals surface area (Å²) in [6, 6.07) is 5.99. The number of amides is 1. The summed E-state index contributed by atoms with van der Waals surface area (Å²) in [5, 5.41) is 1.85. The Morgan fingerprint density at radius 2 is 1.95 bits per heavy atom. The molecule has 1 aliphatic carbocycles. The van der Waals surface area contributed by atoms with Crippen LogP contribution in [0.4, 0.5) is 0 Å². The van der Waals surface area contributed by atoms with Crippen LogP contribution in [0.25, 0.3) is 0 Å². The van der Waals surface area contributed by atoms with Crippen LogP contribution in [0, 0.1) is 0 Å². The summed E-state index contributed by atoms with van der Waals surface area (Å²) >= 11 is 0. The van der Waals surface area contributed by atoms with Crippen molar-refractivity contribution in [3.8, 4) is 11.5 Å². The van der Waals surface area contributed by atoms with Crippen LogP contribution in [0.5, 0.6) is 11.5 Å². The van der Waals surface area contributed by atoms with Crippen molar-refractivity contribution in [2.75, 3.05) is 14.2 Å². The maximum absolute atomic E-state index is 11.5. The number of halogens is 1. The Bertz CT molecular complexity index is 532. The van der Waals surface area contributed by atoms with Gasteiger partial charge in [0.1, 0.15) is 0 Å². The molecule has 1 heterocycles. The molecule has 6 heteroatoms. The van der Waals surface area contributed by atoms with Gasteiger partial charge in [-0.1, -0.05) is 6.07 Å². The third-order valence-corrected chi connectivity index (χ3v) is 4.32. The molecule has 2 fully saturated rings. The van der Waals surface area contributed by atoms with Gasteiger partial charge in [0.05, 0.1) is 19.3 Å². The smallest absolute Gasteiger partial charge is 0.236 e. The van der Waals surface area contributed by atoms with Crippen molar-refractivity contribution in [1.82, 2.24) is 10.4 Å². The Morgan fingerprint density at radius 3 is 2.55 bits per heavy atom. The highest BCUT2D eigenvalue weighted by Crippen LogP contribution is 2.36. The molecule has 1 aliphatic heterocycles. The normalized spacial score (nSPS) is 22.3. The van der Waals surface area contributed by atoms with E-state index in [-0.39, 0.29) is 30.5 Å². The van der Waals surface area contributed by atoms with Gasteiger partial charge in [-0.25, -0.2) is 5.01 Å². The number of rotatable bonds is 4. The third kappa shape index (κ3) is 3.47. The van der Waals surface area contributed by atoms with Crippen molar-refractivity contribution >= 4 is 18.3 Å². The van der Waals surface area contributed by atoms with E-state index in [4.69, 9.17) is 9.47 Å². The molecule has 1 saturated heterocycles. The van der Waals surface area contributed by atoms with Crippen LogP contribution in [-0.4, -0.2) is 31.2 Å². The first kappa shape index (κ1) is 16.9. The quantitative estimate of drug-likeness (QED) is 0.924. The molecule has 22 heavy (non-hydrogen) atoms. The van der Waals surface area contributed by atoms with Crippen molar-refractivity contribution < 1.29 is 14.3 Å². The first-order chi connectivity index (χ1) is 10.2. The molecule has 0 aromatic heterocycles. The molecule has 1 atom stereocenters. The minimum atomic E-state index is 0. The van der Waals surface area contributed by atoms with Gasteiger partial charge >= 0.3 is 0 Å². The molecule has 1 aromatic rings. The molecular formula is C16H23ClN2O3. The van der Waals surface area contributed by atoms with E-state index in [0.717, 1.165) is 29.9 Å². The molecule has 122 valence electrons. The predicted molar refractivity (Wildman–Crippen MR) is 86.4 cm³/mol. The first-order valence-corrected chi connectivity index (χ1v) is 7.54. The molecule has 2 aliphatic rings. The molecule has 0 radical (unpaired) electrons. The van der Waals surface area contributed by atoms with E-state index in [1.165, 1.54) is 12.8 Å². The minimum Gasteiger partial charge on any atom is -0.493 e. The average Bonchev–Trinajstić information content (AvgIpc) is 3.08. The SMILES string of the molecule is COc1ccc(C2CC(=O)NN2C)cc1OC1CCCC1.Cl. The van der Waals surface area contributed by atoms with Crippen molar-refractivity contribution in [3.63, 3.8) is 0 Å². The number of benzene rings is 1. The van der Waals surface area contributed by atoms with Gasteiger partial charge in [-0.2, -0.15) is 0 Å². The van der Waals surface area contributed by atoms with Gasteiger partial charge in [0.15, 0.2) is 11.5 Å². The Kier molecular flexibility index (Phi) is 5.53. The topological polar surface area (TPSA) is 50.8 Å². The zero-order chi connectivity index (χ0) is 14.8. The Morgan fingerprint density at radius 1 is 1.23 bits per heavy atom.